The monoisotopic (exact) mass is 284 g/mol. The lowest BCUT2D eigenvalue weighted by Gasteiger charge is -2.22. The van der Waals surface area contributed by atoms with Gasteiger partial charge >= 0.3 is 6.03 Å². The highest BCUT2D eigenvalue weighted by Crippen LogP contribution is 2.31. The first-order valence-corrected chi connectivity index (χ1v) is 6.73. The van der Waals surface area contributed by atoms with E-state index in [2.05, 4.69) is 5.32 Å². The van der Waals surface area contributed by atoms with E-state index >= 15 is 0 Å². The van der Waals surface area contributed by atoms with Gasteiger partial charge in [-0.05, 0) is 24.6 Å². The average molecular weight is 284 g/mol. The third-order valence-corrected chi connectivity index (χ3v) is 3.67. The second-order valence-corrected chi connectivity index (χ2v) is 4.93. The van der Waals surface area contributed by atoms with Crippen molar-refractivity contribution in [1.82, 2.24) is 10.4 Å². The SMILES string of the molecule is CNC(=O)N(O)C(C)c1ccc2c(c1)oc1ccccc12. The molecule has 2 N–H and O–H groups in total. The minimum absolute atomic E-state index is 0.470. The van der Waals surface area contributed by atoms with E-state index in [9.17, 15) is 10.0 Å². The fourth-order valence-electron chi connectivity index (χ4n) is 2.43. The highest BCUT2D eigenvalue weighted by molar-refractivity contribution is 6.04. The zero-order valence-corrected chi connectivity index (χ0v) is 11.8. The summed E-state index contributed by atoms with van der Waals surface area (Å²) < 4.78 is 5.81. The van der Waals surface area contributed by atoms with Gasteiger partial charge in [0.2, 0.25) is 0 Å². The maximum absolute atomic E-state index is 11.5. The maximum Gasteiger partial charge on any atom is 0.341 e. The molecule has 1 heterocycles. The Morgan fingerprint density at radius 3 is 2.67 bits per heavy atom. The van der Waals surface area contributed by atoms with Crippen LogP contribution in [-0.2, 0) is 0 Å². The first-order chi connectivity index (χ1) is 10.1. The van der Waals surface area contributed by atoms with Crippen LogP contribution in [0.25, 0.3) is 21.9 Å². The first kappa shape index (κ1) is 13.5. The molecular weight excluding hydrogens is 268 g/mol. The van der Waals surface area contributed by atoms with Gasteiger partial charge in [-0.2, -0.15) is 5.06 Å². The zero-order valence-electron chi connectivity index (χ0n) is 11.8. The van der Waals surface area contributed by atoms with Crippen molar-refractivity contribution in [1.29, 1.82) is 0 Å². The lowest BCUT2D eigenvalue weighted by molar-refractivity contribution is -0.0737. The van der Waals surface area contributed by atoms with Gasteiger partial charge in [-0.3, -0.25) is 5.21 Å². The van der Waals surface area contributed by atoms with Gasteiger partial charge in [0.25, 0.3) is 0 Å². The first-order valence-electron chi connectivity index (χ1n) is 6.73. The van der Waals surface area contributed by atoms with Gasteiger partial charge in [0.1, 0.15) is 11.2 Å². The van der Waals surface area contributed by atoms with E-state index in [0.717, 1.165) is 27.5 Å². The van der Waals surface area contributed by atoms with Crippen LogP contribution in [-0.4, -0.2) is 23.3 Å². The normalized spacial score (nSPS) is 12.5. The van der Waals surface area contributed by atoms with Crippen molar-refractivity contribution in [3.05, 3.63) is 48.0 Å². The van der Waals surface area contributed by atoms with Gasteiger partial charge < -0.3 is 9.73 Å². The number of urea groups is 1. The Balaban J connectivity index is 2.05. The van der Waals surface area contributed by atoms with Crippen LogP contribution in [0.15, 0.2) is 46.9 Å². The summed E-state index contributed by atoms with van der Waals surface area (Å²) in [6, 6.07) is 12.5. The van der Waals surface area contributed by atoms with Crippen LogP contribution in [0.2, 0.25) is 0 Å². The number of fused-ring (bicyclic) bond motifs is 3. The molecule has 0 saturated heterocycles. The standard InChI is InChI=1S/C16H16N2O3/c1-10(18(20)16(19)17-2)11-7-8-13-12-5-3-4-6-14(12)21-15(13)9-11/h3-10,20H,1-2H3,(H,17,19). The second kappa shape index (κ2) is 5.10. The number of nitrogens with one attached hydrogen (secondary N) is 1. The minimum Gasteiger partial charge on any atom is -0.456 e. The number of hydroxylamine groups is 2. The molecule has 0 aliphatic carbocycles. The fourth-order valence-corrected chi connectivity index (χ4v) is 2.43. The van der Waals surface area contributed by atoms with Crippen LogP contribution in [0.5, 0.6) is 0 Å². The van der Waals surface area contributed by atoms with Crippen LogP contribution >= 0.6 is 0 Å². The Hall–Kier alpha value is -2.53. The van der Waals surface area contributed by atoms with E-state index in [0.29, 0.717) is 5.06 Å². The molecule has 1 aromatic heterocycles. The number of hydrogen-bond acceptors (Lipinski definition) is 3. The summed E-state index contributed by atoms with van der Waals surface area (Å²) in [4.78, 5) is 11.5. The molecule has 3 aromatic rings. The molecule has 1 atom stereocenters. The Labute approximate surface area is 121 Å². The molecule has 2 amide bonds. The highest BCUT2D eigenvalue weighted by atomic mass is 16.5. The molecule has 0 spiro atoms. The van der Waals surface area contributed by atoms with Crippen molar-refractivity contribution in [2.24, 2.45) is 0 Å². The number of rotatable bonds is 2. The lowest BCUT2D eigenvalue weighted by Crippen LogP contribution is -2.37. The fraction of sp³-hybridized carbons (Fsp3) is 0.188. The van der Waals surface area contributed by atoms with E-state index < -0.39 is 12.1 Å². The molecule has 5 heteroatoms. The second-order valence-electron chi connectivity index (χ2n) is 4.93. The molecule has 0 aliphatic rings. The molecule has 0 radical (unpaired) electrons. The largest absolute Gasteiger partial charge is 0.456 e. The summed E-state index contributed by atoms with van der Waals surface area (Å²) in [6.45, 7) is 1.75. The molecule has 3 rings (SSSR count). The van der Waals surface area contributed by atoms with Crippen molar-refractivity contribution in [3.8, 4) is 0 Å². The molecular formula is C16H16N2O3. The number of benzene rings is 2. The Kier molecular flexibility index (Phi) is 3.27. The van der Waals surface area contributed by atoms with Gasteiger partial charge in [-0.1, -0.05) is 30.3 Å². The van der Waals surface area contributed by atoms with Gasteiger partial charge in [-0.15, -0.1) is 0 Å². The number of amides is 2. The number of nitrogens with zero attached hydrogens (tertiary/aromatic N) is 1. The predicted octanol–water partition coefficient (Wildman–Crippen LogP) is 3.68. The van der Waals surface area contributed by atoms with Crippen LogP contribution in [0.3, 0.4) is 0 Å². The number of carbonyl (C=O) groups excluding carboxylic acids is 1. The van der Waals surface area contributed by atoms with Crippen LogP contribution in [0.1, 0.15) is 18.5 Å². The Morgan fingerprint density at radius 1 is 1.19 bits per heavy atom. The lowest BCUT2D eigenvalue weighted by atomic mass is 10.1. The summed E-state index contributed by atoms with van der Waals surface area (Å²) >= 11 is 0. The van der Waals surface area contributed by atoms with Gasteiger partial charge in [0.05, 0.1) is 6.04 Å². The Morgan fingerprint density at radius 2 is 1.90 bits per heavy atom. The molecule has 0 saturated carbocycles. The summed E-state index contributed by atoms with van der Waals surface area (Å²) in [5, 5.41) is 15.0. The zero-order chi connectivity index (χ0) is 15.0. The molecule has 5 nitrogen and oxygen atoms in total. The van der Waals surface area contributed by atoms with Crippen LogP contribution in [0, 0.1) is 0 Å². The quantitative estimate of drug-likeness (QED) is 0.557. The van der Waals surface area contributed by atoms with Crippen molar-refractivity contribution < 1.29 is 14.4 Å². The molecule has 2 aromatic carbocycles. The van der Waals surface area contributed by atoms with E-state index in [1.807, 2.05) is 42.5 Å². The van der Waals surface area contributed by atoms with Crippen molar-refractivity contribution in [3.63, 3.8) is 0 Å². The van der Waals surface area contributed by atoms with Gasteiger partial charge in [0.15, 0.2) is 0 Å². The molecule has 0 aliphatic heterocycles. The Bertz CT molecular complexity index is 809. The number of para-hydroxylation sites is 1. The number of hydrogen-bond donors (Lipinski definition) is 2. The topological polar surface area (TPSA) is 65.7 Å². The summed E-state index contributed by atoms with van der Waals surface area (Å²) in [5.74, 6) is 0. The minimum atomic E-state index is -0.549. The predicted molar refractivity (Wildman–Crippen MR) is 80.2 cm³/mol. The molecule has 108 valence electrons. The molecule has 21 heavy (non-hydrogen) atoms. The van der Waals surface area contributed by atoms with E-state index in [-0.39, 0.29) is 0 Å². The third kappa shape index (κ3) is 2.21. The summed E-state index contributed by atoms with van der Waals surface area (Å²) in [6.07, 6.45) is 0. The van der Waals surface area contributed by atoms with E-state index in [1.165, 1.54) is 7.05 Å². The van der Waals surface area contributed by atoms with Gasteiger partial charge in [-0.25, -0.2) is 4.79 Å². The number of carbonyl (C=O) groups is 1. The summed E-state index contributed by atoms with van der Waals surface area (Å²) in [5.41, 5.74) is 2.36. The van der Waals surface area contributed by atoms with Gasteiger partial charge in [0, 0.05) is 17.8 Å². The van der Waals surface area contributed by atoms with Crippen LogP contribution < -0.4 is 5.32 Å². The van der Waals surface area contributed by atoms with Crippen molar-refractivity contribution in [2.75, 3.05) is 7.05 Å². The molecule has 1 unspecified atom stereocenters. The van der Waals surface area contributed by atoms with Crippen molar-refractivity contribution in [2.45, 2.75) is 13.0 Å². The summed E-state index contributed by atoms with van der Waals surface area (Å²) in [7, 11) is 1.47. The third-order valence-electron chi connectivity index (χ3n) is 3.67. The molecule has 0 fully saturated rings. The molecule has 0 bridgehead atoms. The van der Waals surface area contributed by atoms with Crippen LogP contribution in [0.4, 0.5) is 4.79 Å². The van der Waals surface area contributed by atoms with E-state index in [4.69, 9.17) is 4.42 Å². The average Bonchev–Trinajstić information content (AvgIpc) is 2.90. The maximum atomic E-state index is 11.5. The van der Waals surface area contributed by atoms with E-state index in [1.54, 1.807) is 6.92 Å². The number of furan rings is 1. The van der Waals surface area contributed by atoms with Crippen molar-refractivity contribution >= 4 is 28.0 Å². The highest BCUT2D eigenvalue weighted by Gasteiger charge is 2.19. The smallest absolute Gasteiger partial charge is 0.341 e.